The molecule has 0 bridgehead atoms. The Kier molecular flexibility index (Phi) is 16.2. The molecule has 0 aromatic rings. The number of nitrogens with two attached hydrogens (primary N) is 3. The van der Waals surface area contributed by atoms with Crippen LogP contribution in [0.4, 0.5) is 0 Å². The summed E-state index contributed by atoms with van der Waals surface area (Å²) in [5, 5.41) is 37.8. The summed E-state index contributed by atoms with van der Waals surface area (Å²) in [4.78, 5) is 60.7. The zero-order chi connectivity index (χ0) is 29.3. The Morgan fingerprint density at radius 2 is 1.18 bits per heavy atom. The van der Waals surface area contributed by atoms with Crippen molar-refractivity contribution in [1.82, 2.24) is 31.9 Å². The number of aliphatic carboxylic acids is 1. The molecule has 0 rings (SSSR count). The number of hydrogen-bond donors (Lipinski definition) is 12. The topological polar surface area (TPSA) is 304 Å². The van der Waals surface area contributed by atoms with Crippen LogP contribution in [0.25, 0.3) is 0 Å². The van der Waals surface area contributed by atoms with Crippen LogP contribution >= 0.6 is 0 Å². The van der Waals surface area contributed by atoms with Gasteiger partial charge in [0.1, 0.15) is 18.6 Å². The van der Waals surface area contributed by atoms with Crippen molar-refractivity contribution < 1.29 is 29.1 Å². The van der Waals surface area contributed by atoms with Gasteiger partial charge in [-0.2, -0.15) is 0 Å². The van der Waals surface area contributed by atoms with Crippen molar-refractivity contribution in [1.29, 1.82) is 10.8 Å². The highest BCUT2D eigenvalue weighted by molar-refractivity contribution is 5.93. The quantitative estimate of drug-likeness (QED) is 0.0446. The molecule has 17 nitrogen and oxygen atoms in total. The van der Waals surface area contributed by atoms with Gasteiger partial charge in [0.25, 0.3) is 0 Å². The third kappa shape index (κ3) is 15.8. The highest BCUT2D eigenvalue weighted by atomic mass is 16.4. The van der Waals surface area contributed by atoms with Gasteiger partial charge in [0.15, 0.2) is 11.9 Å². The van der Waals surface area contributed by atoms with E-state index in [1.807, 2.05) is 0 Å². The first-order valence-electron chi connectivity index (χ1n) is 12.0. The molecule has 0 unspecified atom stereocenters. The molecule has 3 atom stereocenters. The summed E-state index contributed by atoms with van der Waals surface area (Å²) in [5.74, 6) is -4.62. The van der Waals surface area contributed by atoms with Crippen molar-refractivity contribution in [3.8, 4) is 0 Å². The summed E-state index contributed by atoms with van der Waals surface area (Å²) in [5.41, 5.74) is 16.3. The van der Waals surface area contributed by atoms with Gasteiger partial charge in [-0.1, -0.05) is 13.8 Å². The molecular weight excluding hydrogens is 502 g/mol. The van der Waals surface area contributed by atoms with Crippen LogP contribution in [0.1, 0.15) is 39.5 Å². The Labute approximate surface area is 220 Å². The average Bonchev–Trinajstić information content (AvgIpc) is 2.83. The van der Waals surface area contributed by atoms with E-state index in [0.717, 1.165) is 0 Å². The first-order valence-corrected chi connectivity index (χ1v) is 12.0. The van der Waals surface area contributed by atoms with Gasteiger partial charge in [0, 0.05) is 13.1 Å². The Hall–Kier alpha value is -4.15. The second-order valence-electron chi connectivity index (χ2n) is 8.75. The van der Waals surface area contributed by atoms with Gasteiger partial charge in [-0.3, -0.25) is 34.8 Å². The molecule has 0 aromatic heterocycles. The van der Waals surface area contributed by atoms with E-state index in [1.165, 1.54) is 0 Å². The summed E-state index contributed by atoms with van der Waals surface area (Å²) < 4.78 is 0. The number of carboxylic acid groups (broad SMARTS) is 1. The number of nitrogens with one attached hydrogen (secondary N) is 8. The SMILES string of the molecule is CC(C)[C@H](N)C(=O)N[C@@H](CCCNC(=N)N)C(=O)NCC(=O)N[C@@H](CCCNC(=N)N)C(=O)NCC(=O)O. The number of carboxylic acids is 1. The zero-order valence-electron chi connectivity index (χ0n) is 21.7. The summed E-state index contributed by atoms with van der Waals surface area (Å²) in [6.07, 6.45) is 0.936. The first-order chi connectivity index (χ1) is 17.7. The first kappa shape index (κ1) is 33.8. The molecule has 0 aliphatic rings. The van der Waals surface area contributed by atoms with E-state index in [2.05, 4.69) is 31.9 Å². The molecule has 0 fully saturated rings. The van der Waals surface area contributed by atoms with Crippen LogP contribution in [0.5, 0.6) is 0 Å². The van der Waals surface area contributed by atoms with E-state index in [-0.39, 0.29) is 43.8 Å². The van der Waals surface area contributed by atoms with Crippen LogP contribution in [0.3, 0.4) is 0 Å². The number of hydrogen-bond acceptors (Lipinski definition) is 8. The molecule has 0 aliphatic heterocycles. The monoisotopic (exact) mass is 543 g/mol. The minimum atomic E-state index is -1.27. The fourth-order valence-electron chi connectivity index (χ4n) is 2.99. The maximum atomic E-state index is 12.8. The molecule has 15 N–H and O–H groups in total. The largest absolute Gasteiger partial charge is 0.480 e. The van der Waals surface area contributed by atoms with E-state index in [1.54, 1.807) is 13.8 Å². The molecule has 17 heteroatoms. The highest BCUT2D eigenvalue weighted by Crippen LogP contribution is 2.03. The van der Waals surface area contributed by atoms with Gasteiger partial charge in [-0.05, 0) is 31.6 Å². The number of rotatable bonds is 18. The molecule has 0 aromatic carbocycles. The molecule has 0 saturated heterocycles. The number of guanidine groups is 2. The summed E-state index contributed by atoms with van der Waals surface area (Å²) in [6, 6.07) is -2.99. The average molecular weight is 544 g/mol. The second-order valence-corrected chi connectivity index (χ2v) is 8.75. The van der Waals surface area contributed by atoms with Gasteiger partial charge in [-0.15, -0.1) is 0 Å². The van der Waals surface area contributed by atoms with Crippen LogP contribution in [-0.4, -0.2) is 90.9 Å². The molecule has 0 spiro atoms. The molecule has 0 heterocycles. The van der Waals surface area contributed by atoms with E-state index in [4.69, 9.17) is 33.1 Å². The lowest BCUT2D eigenvalue weighted by molar-refractivity contribution is -0.138. The van der Waals surface area contributed by atoms with Crippen LogP contribution in [0.2, 0.25) is 0 Å². The standard InChI is InChI=1S/C21H41N11O6/c1-11(2)16(22)19(38)32-13(6-4-8-28-21(25)26)18(37)29-9-14(33)31-12(5-3-7-27-20(23)24)17(36)30-10-15(34)35/h11-13,16H,3-10,22H2,1-2H3,(H,29,37)(H,30,36)(H,31,33)(H,32,38)(H,34,35)(H4,23,24,27)(H4,25,26,28)/t12-,13-,16-/m0/s1. The van der Waals surface area contributed by atoms with E-state index < -0.39 is 60.8 Å². The Bertz CT molecular complexity index is 852. The van der Waals surface area contributed by atoms with Gasteiger partial charge >= 0.3 is 5.97 Å². The number of carbonyl (C=O) groups excluding carboxylic acids is 4. The molecule has 0 aliphatic carbocycles. The summed E-state index contributed by atoms with van der Waals surface area (Å²) in [7, 11) is 0. The van der Waals surface area contributed by atoms with Crippen molar-refractivity contribution in [3.63, 3.8) is 0 Å². The normalized spacial score (nSPS) is 12.8. The smallest absolute Gasteiger partial charge is 0.322 e. The fraction of sp³-hybridized carbons (Fsp3) is 0.667. The molecule has 0 saturated carbocycles. The van der Waals surface area contributed by atoms with E-state index in [9.17, 15) is 24.0 Å². The fourth-order valence-corrected chi connectivity index (χ4v) is 2.99. The predicted octanol–water partition coefficient (Wildman–Crippen LogP) is -4.22. The third-order valence-electron chi connectivity index (χ3n) is 5.11. The van der Waals surface area contributed by atoms with Crippen LogP contribution in [-0.2, 0) is 24.0 Å². The van der Waals surface area contributed by atoms with Gasteiger partial charge < -0.3 is 54.2 Å². The second kappa shape index (κ2) is 18.1. The van der Waals surface area contributed by atoms with Crippen molar-refractivity contribution in [2.24, 2.45) is 23.1 Å². The molecule has 0 radical (unpaired) electrons. The zero-order valence-corrected chi connectivity index (χ0v) is 21.7. The van der Waals surface area contributed by atoms with Crippen LogP contribution in [0, 0.1) is 16.7 Å². The lowest BCUT2D eigenvalue weighted by atomic mass is 10.0. The van der Waals surface area contributed by atoms with E-state index >= 15 is 0 Å². The number of carbonyl (C=O) groups is 5. The van der Waals surface area contributed by atoms with Gasteiger partial charge in [0.2, 0.25) is 23.6 Å². The Morgan fingerprint density at radius 3 is 1.61 bits per heavy atom. The highest BCUT2D eigenvalue weighted by Gasteiger charge is 2.26. The molecule has 38 heavy (non-hydrogen) atoms. The van der Waals surface area contributed by atoms with Gasteiger partial charge in [0.05, 0.1) is 12.6 Å². The molecule has 4 amide bonds. The van der Waals surface area contributed by atoms with Crippen molar-refractivity contribution in [2.75, 3.05) is 26.2 Å². The maximum absolute atomic E-state index is 12.8. The summed E-state index contributed by atoms with van der Waals surface area (Å²) in [6.45, 7) is 2.84. The van der Waals surface area contributed by atoms with Gasteiger partial charge in [-0.25, -0.2) is 0 Å². The lowest BCUT2D eigenvalue weighted by Gasteiger charge is -2.22. The van der Waals surface area contributed by atoms with Crippen molar-refractivity contribution in [2.45, 2.75) is 57.7 Å². The maximum Gasteiger partial charge on any atom is 0.322 e. The summed E-state index contributed by atoms with van der Waals surface area (Å²) >= 11 is 0. The minimum Gasteiger partial charge on any atom is -0.480 e. The Balaban J connectivity index is 5.13. The third-order valence-corrected chi connectivity index (χ3v) is 5.11. The van der Waals surface area contributed by atoms with Crippen molar-refractivity contribution >= 4 is 41.5 Å². The van der Waals surface area contributed by atoms with Crippen LogP contribution < -0.4 is 49.1 Å². The van der Waals surface area contributed by atoms with Crippen LogP contribution in [0.15, 0.2) is 0 Å². The van der Waals surface area contributed by atoms with E-state index in [0.29, 0.717) is 12.8 Å². The number of amides is 4. The lowest BCUT2D eigenvalue weighted by Crippen LogP contribution is -2.55. The minimum absolute atomic E-state index is 0.0976. The molecule has 216 valence electrons. The van der Waals surface area contributed by atoms with Crippen molar-refractivity contribution in [3.05, 3.63) is 0 Å². The Morgan fingerprint density at radius 1 is 0.737 bits per heavy atom. The molecular formula is C21H41N11O6. The predicted molar refractivity (Wildman–Crippen MR) is 139 cm³/mol.